The highest BCUT2D eigenvalue weighted by atomic mass is 32.2. The number of hydrogen-bond donors (Lipinski definition) is 1. The van der Waals surface area contributed by atoms with Crippen molar-refractivity contribution < 1.29 is 13.2 Å². The number of benzene rings is 1. The number of para-hydroxylation sites is 1. The van der Waals surface area contributed by atoms with Crippen molar-refractivity contribution in [1.82, 2.24) is 0 Å². The Balaban J connectivity index is 2.76. The van der Waals surface area contributed by atoms with Crippen molar-refractivity contribution in [3.63, 3.8) is 0 Å². The molecule has 18 heavy (non-hydrogen) atoms. The Hall–Kier alpha value is -1.01. The quantitative estimate of drug-likeness (QED) is 0.815. The van der Waals surface area contributed by atoms with Gasteiger partial charge in [0.25, 0.3) is 0 Å². The van der Waals surface area contributed by atoms with Crippen LogP contribution >= 0.6 is 11.8 Å². The topological polar surface area (TPSA) is 63.2 Å². The van der Waals surface area contributed by atoms with Crippen LogP contribution in [0.15, 0.2) is 29.2 Å². The highest BCUT2D eigenvalue weighted by Crippen LogP contribution is 2.20. The third kappa shape index (κ3) is 4.70. The molecule has 6 heteroatoms. The lowest BCUT2D eigenvalue weighted by Gasteiger charge is -2.09. The number of hydrogen-bond acceptors (Lipinski definition) is 4. The minimum atomic E-state index is -3.33. The summed E-state index contributed by atoms with van der Waals surface area (Å²) in [5.74, 6) is 1.08. The number of nitrogens with one attached hydrogen (secondary N) is 1. The minimum Gasteiger partial charge on any atom is -0.324 e. The van der Waals surface area contributed by atoms with Gasteiger partial charge in [0.1, 0.15) is 0 Å². The number of carbonyl (C=O) groups excluding carboxylic acids is 1. The van der Waals surface area contributed by atoms with Crippen LogP contribution in [0.1, 0.15) is 13.3 Å². The third-order valence-corrected chi connectivity index (χ3v) is 4.46. The maximum absolute atomic E-state index is 11.6. The fourth-order valence-corrected chi connectivity index (χ4v) is 2.92. The predicted molar refractivity (Wildman–Crippen MR) is 75.8 cm³/mol. The smallest absolute Gasteiger partial charge is 0.234 e. The summed E-state index contributed by atoms with van der Waals surface area (Å²) in [5, 5.41) is 2.64. The molecule has 0 bridgehead atoms. The van der Waals surface area contributed by atoms with Gasteiger partial charge in [-0.1, -0.05) is 19.1 Å². The van der Waals surface area contributed by atoms with E-state index in [0.717, 1.165) is 18.4 Å². The molecule has 0 aliphatic carbocycles. The van der Waals surface area contributed by atoms with Crippen molar-refractivity contribution in [2.24, 2.45) is 0 Å². The predicted octanol–water partition coefficient (Wildman–Crippen LogP) is 2.17. The first-order valence-electron chi connectivity index (χ1n) is 5.62. The monoisotopic (exact) mass is 287 g/mol. The molecule has 100 valence electrons. The second kappa shape index (κ2) is 6.80. The number of thioether (sulfide) groups is 1. The Bertz CT molecular complexity index is 512. The van der Waals surface area contributed by atoms with Crippen molar-refractivity contribution in [3.8, 4) is 0 Å². The van der Waals surface area contributed by atoms with E-state index in [1.54, 1.807) is 18.2 Å². The summed E-state index contributed by atoms with van der Waals surface area (Å²) in [7, 11) is -3.33. The van der Waals surface area contributed by atoms with Gasteiger partial charge < -0.3 is 5.32 Å². The van der Waals surface area contributed by atoms with Crippen LogP contribution in [0, 0.1) is 0 Å². The summed E-state index contributed by atoms with van der Waals surface area (Å²) in [4.78, 5) is 11.8. The van der Waals surface area contributed by atoms with Gasteiger partial charge in [0, 0.05) is 6.26 Å². The molecule has 0 spiro atoms. The first kappa shape index (κ1) is 15.0. The van der Waals surface area contributed by atoms with Gasteiger partial charge in [-0.3, -0.25) is 4.79 Å². The fraction of sp³-hybridized carbons (Fsp3) is 0.417. The summed E-state index contributed by atoms with van der Waals surface area (Å²) in [5.41, 5.74) is 0.349. The second-order valence-electron chi connectivity index (χ2n) is 3.87. The summed E-state index contributed by atoms with van der Waals surface area (Å²) >= 11 is 1.53. The second-order valence-corrected chi connectivity index (χ2v) is 6.96. The number of carbonyl (C=O) groups is 1. The lowest BCUT2D eigenvalue weighted by atomic mass is 10.3. The zero-order valence-electron chi connectivity index (χ0n) is 10.5. The van der Waals surface area contributed by atoms with Crippen LogP contribution in [0.3, 0.4) is 0 Å². The summed E-state index contributed by atoms with van der Waals surface area (Å²) < 4.78 is 23.1. The van der Waals surface area contributed by atoms with Gasteiger partial charge in [-0.2, -0.15) is 11.8 Å². The van der Waals surface area contributed by atoms with E-state index in [2.05, 4.69) is 5.32 Å². The average Bonchev–Trinajstić information content (AvgIpc) is 2.28. The number of anilines is 1. The van der Waals surface area contributed by atoms with Crippen molar-refractivity contribution in [2.45, 2.75) is 18.2 Å². The fourth-order valence-electron chi connectivity index (χ4n) is 1.39. The lowest BCUT2D eigenvalue weighted by molar-refractivity contribution is -0.113. The summed E-state index contributed by atoms with van der Waals surface area (Å²) in [6, 6.07) is 6.42. The van der Waals surface area contributed by atoms with Crippen LogP contribution in [-0.4, -0.2) is 32.1 Å². The van der Waals surface area contributed by atoms with E-state index in [9.17, 15) is 13.2 Å². The molecule has 0 unspecified atom stereocenters. The number of sulfone groups is 1. The number of amides is 1. The molecule has 4 nitrogen and oxygen atoms in total. The maximum atomic E-state index is 11.6. The molecule has 0 radical (unpaired) electrons. The van der Waals surface area contributed by atoms with E-state index in [0.29, 0.717) is 11.4 Å². The molecule has 0 heterocycles. The van der Waals surface area contributed by atoms with E-state index >= 15 is 0 Å². The zero-order chi connectivity index (χ0) is 13.6. The molecule has 1 rings (SSSR count). The molecule has 0 fully saturated rings. The minimum absolute atomic E-state index is 0.152. The van der Waals surface area contributed by atoms with E-state index in [1.807, 2.05) is 6.92 Å². The molecule has 1 amide bonds. The zero-order valence-corrected chi connectivity index (χ0v) is 12.1. The third-order valence-electron chi connectivity index (χ3n) is 2.14. The highest BCUT2D eigenvalue weighted by Gasteiger charge is 2.14. The molecule has 0 saturated heterocycles. The van der Waals surface area contributed by atoms with Crippen LogP contribution in [0.4, 0.5) is 5.69 Å². The molecule has 0 aliphatic heterocycles. The first-order valence-corrected chi connectivity index (χ1v) is 8.66. The van der Waals surface area contributed by atoms with Gasteiger partial charge in [0.2, 0.25) is 5.91 Å². The van der Waals surface area contributed by atoms with Crippen LogP contribution in [0.5, 0.6) is 0 Å². The first-order chi connectivity index (χ1) is 8.45. The van der Waals surface area contributed by atoms with Crippen molar-refractivity contribution in [2.75, 3.05) is 23.1 Å². The Morgan fingerprint density at radius 2 is 2.00 bits per heavy atom. The van der Waals surface area contributed by atoms with Gasteiger partial charge in [0.05, 0.1) is 16.3 Å². The SMILES string of the molecule is CCCSCC(=O)Nc1ccccc1S(C)(=O)=O. The van der Waals surface area contributed by atoms with Crippen LogP contribution < -0.4 is 5.32 Å². The maximum Gasteiger partial charge on any atom is 0.234 e. The molecule has 0 atom stereocenters. The van der Waals surface area contributed by atoms with Crippen LogP contribution in [0.25, 0.3) is 0 Å². The van der Waals surface area contributed by atoms with E-state index in [1.165, 1.54) is 17.8 Å². The molecule has 1 aromatic carbocycles. The Morgan fingerprint density at radius 3 is 2.61 bits per heavy atom. The molecular formula is C12H17NO3S2. The normalized spacial score (nSPS) is 11.2. The Kier molecular flexibility index (Phi) is 5.68. The summed E-state index contributed by atoms with van der Waals surface area (Å²) in [6.45, 7) is 2.05. The van der Waals surface area contributed by atoms with E-state index < -0.39 is 9.84 Å². The van der Waals surface area contributed by atoms with Crippen LogP contribution in [0.2, 0.25) is 0 Å². The van der Waals surface area contributed by atoms with Crippen molar-refractivity contribution >= 4 is 33.2 Å². The van der Waals surface area contributed by atoms with E-state index in [4.69, 9.17) is 0 Å². The van der Waals surface area contributed by atoms with Gasteiger partial charge >= 0.3 is 0 Å². The lowest BCUT2D eigenvalue weighted by Crippen LogP contribution is -2.16. The molecular weight excluding hydrogens is 270 g/mol. The molecule has 0 saturated carbocycles. The van der Waals surface area contributed by atoms with Gasteiger partial charge in [-0.05, 0) is 24.3 Å². The highest BCUT2D eigenvalue weighted by molar-refractivity contribution is 7.99. The standard InChI is InChI=1S/C12H17NO3S2/c1-3-8-17-9-12(14)13-10-6-4-5-7-11(10)18(2,15)16/h4-7H,3,8-9H2,1-2H3,(H,13,14). The van der Waals surface area contributed by atoms with Gasteiger partial charge in [-0.15, -0.1) is 0 Å². The van der Waals surface area contributed by atoms with Crippen molar-refractivity contribution in [3.05, 3.63) is 24.3 Å². The Labute approximate surface area is 112 Å². The van der Waals surface area contributed by atoms with E-state index in [-0.39, 0.29) is 10.8 Å². The molecule has 1 aromatic rings. The van der Waals surface area contributed by atoms with Gasteiger partial charge in [0.15, 0.2) is 9.84 Å². The Morgan fingerprint density at radius 1 is 1.33 bits per heavy atom. The average molecular weight is 287 g/mol. The van der Waals surface area contributed by atoms with Gasteiger partial charge in [-0.25, -0.2) is 8.42 Å². The molecule has 0 aliphatic rings. The largest absolute Gasteiger partial charge is 0.324 e. The number of rotatable bonds is 6. The summed E-state index contributed by atoms with van der Waals surface area (Å²) in [6.07, 6.45) is 2.14. The molecule has 0 aromatic heterocycles. The van der Waals surface area contributed by atoms with Crippen LogP contribution in [-0.2, 0) is 14.6 Å². The van der Waals surface area contributed by atoms with Crippen molar-refractivity contribution in [1.29, 1.82) is 0 Å². The molecule has 1 N–H and O–H groups in total.